The first-order valence-corrected chi connectivity index (χ1v) is 9.71. The number of hydrogen-bond donors (Lipinski definition) is 0. The molecule has 132 valence electrons. The Morgan fingerprint density at radius 1 is 0.696 bits per heavy atom. The van der Waals surface area contributed by atoms with Gasteiger partial charge in [0, 0.05) is 0 Å². The van der Waals surface area contributed by atoms with Crippen molar-refractivity contribution in [3.05, 3.63) is 28.8 Å². The summed E-state index contributed by atoms with van der Waals surface area (Å²) in [5.41, 5.74) is 5.34. The average Bonchev–Trinajstić information content (AvgIpc) is 2.28. The van der Waals surface area contributed by atoms with Crippen LogP contribution in [0.5, 0.6) is 5.75 Å². The Kier molecular flexibility index (Phi) is 6.18. The summed E-state index contributed by atoms with van der Waals surface area (Å²) >= 11 is 0. The zero-order valence-electron chi connectivity index (χ0n) is 17.2. The molecule has 0 saturated carbocycles. The van der Waals surface area contributed by atoms with Crippen LogP contribution in [-0.4, -0.2) is 10.5 Å². The van der Waals surface area contributed by atoms with Crippen molar-refractivity contribution < 1.29 is 4.43 Å². The van der Waals surface area contributed by atoms with Crippen molar-refractivity contribution in [2.45, 2.75) is 81.6 Å². The molecule has 0 heterocycles. The molecule has 0 fully saturated rings. The van der Waals surface area contributed by atoms with Crippen molar-refractivity contribution in [2.75, 3.05) is 0 Å². The van der Waals surface area contributed by atoms with Crippen LogP contribution in [-0.2, 0) is 19.3 Å². The fourth-order valence-electron chi connectivity index (χ4n) is 3.12. The topological polar surface area (TPSA) is 9.23 Å². The third-order valence-corrected chi connectivity index (χ3v) is 4.28. The summed E-state index contributed by atoms with van der Waals surface area (Å²) in [5.74, 6) is 1.11. The molecule has 0 radical (unpaired) electrons. The van der Waals surface area contributed by atoms with Gasteiger partial charge in [0.2, 0.25) is 10.5 Å². The van der Waals surface area contributed by atoms with Gasteiger partial charge >= 0.3 is 0 Å². The highest BCUT2D eigenvalue weighted by atomic mass is 28.2. The van der Waals surface area contributed by atoms with E-state index < -0.39 is 0 Å². The predicted molar refractivity (Wildman–Crippen MR) is 106 cm³/mol. The maximum absolute atomic E-state index is 5.87. The standard InChI is InChI=1S/C21H38OSi/c1-19(2,3)12-15-10-11-18(22-23)17(14-21(7,8)9)16(15)13-20(4,5)6/h10-11H,12-14H2,1-9,23H3. The highest BCUT2D eigenvalue weighted by molar-refractivity contribution is 6.00. The van der Waals surface area contributed by atoms with E-state index in [2.05, 4.69) is 74.4 Å². The van der Waals surface area contributed by atoms with E-state index in [0.29, 0.717) is 5.41 Å². The highest BCUT2D eigenvalue weighted by Gasteiger charge is 2.25. The van der Waals surface area contributed by atoms with E-state index in [4.69, 9.17) is 4.43 Å². The average molecular weight is 335 g/mol. The van der Waals surface area contributed by atoms with Gasteiger partial charge in [-0.25, -0.2) is 0 Å². The van der Waals surface area contributed by atoms with E-state index in [0.717, 1.165) is 35.5 Å². The van der Waals surface area contributed by atoms with Crippen molar-refractivity contribution in [1.29, 1.82) is 0 Å². The lowest BCUT2D eigenvalue weighted by Crippen LogP contribution is -2.20. The van der Waals surface area contributed by atoms with Crippen LogP contribution in [0.4, 0.5) is 0 Å². The van der Waals surface area contributed by atoms with Crippen LogP contribution in [0, 0.1) is 16.2 Å². The molecule has 0 spiro atoms. The normalized spacial score (nSPS) is 13.4. The molecule has 0 aliphatic rings. The molecular formula is C21H38OSi. The molecule has 1 rings (SSSR count). The van der Waals surface area contributed by atoms with E-state index in [1.807, 2.05) is 0 Å². The van der Waals surface area contributed by atoms with E-state index in [-0.39, 0.29) is 10.8 Å². The van der Waals surface area contributed by atoms with E-state index in [9.17, 15) is 0 Å². The lowest BCUT2D eigenvalue weighted by molar-refractivity contribution is 0.378. The Morgan fingerprint density at radius 2 is 1.13 bits per heavy atom. The SMILES string of the molecule is CC(C)(C)Cc1ccc(O[SiH3])c(CC(C)(C)C)c1CC(C)(C)C. The van der Waals surface area contributed by atoms with Gasteiger partial charge in [0.1, 0.15) is 5.75 Å². The molecule has 1 aromatic carbocycles. The molecular weight excluding hydrogens is 296 g/mol. The summed E-state index contributed by atoms with van der Waals surface area (Å²) in [6, 6.07) is 4.52. The highest BCUT2D eigenvalue weighted by Crippen LogP contribution is 2.37. The van der Waals surface area contributed by atoms with Gasteiger partial charge in [-0.1, -0.05) is 68.4 Å². The van der Waals surface area contributed by atoms with Crippen LogP contribution in [0.2, 0.25) is 0 Å². The second kappa shape index (κ2) is 7.00. The summed E-state index contributed by atoms with van der Waals surface area (Å²) in [7, 11) is 0.747. The zero-order chi connectivity index (χ0) is 18.1. The molecule has 0 aliphatic heterocycles. The Labute approximate surface area is 147 Å². The fourth-order valence-corrected chi connectivity index (χ4v) is 3.51. The molecule has 1 aromatic rings. The minimum Gasteiger partial charge on any atom is -0.553 e. The first-order chi connectivity index (χ1) is 10.2. The van der Waals surface area contributed by atoms with Crippen molar-refractivity contribution in [1.82, 2.24) is 0 Å². The maximum atomic E-state index is 5.87. The molecule has 23 heavy (non-hydrogen) atoms. The van der Waals surface area contributed by atoms with Gasteiger partial charge in [0.25, 0.3) is 0 Å². The van der Waals surface area contributed by atoms with Gasteiger partial charge in [0.15, 0.2) is 0 Å². The smallest absolute Gasteiger partial charge is 0.204 e. The van der Waals surface area contributed by atoms with Crippen molar-refractivity contribution >= 4 is 10.5 Å². The first kappa shape index (κ1) is 20.3. The third kappa shape index (κ3) is 7.11. The number of benzene rings is 1. The largest absolute Gasteiger partial charge is 0.553 e. The fraction of sp³-hybridized carbons (Fsp3) is 0.714. The number of rotatable bonds is 4. The van der Waals surface area contributed by atoms with Crippen LogP contribution in [0.15, 0.2) is 12.1 Å². The molecule has 0 aliphatic carbocycles. The first-order valence-electron chi connectivity index (χ1n) is 8.89. The van der Waals surface area contributed by atoms with Gasteiger partial charge in [-0.15, -0.1) is 0 Å². The summed E-state index contributed by atoms with van der Waals surface area (Å²) in [5, 5.41) is 0. The lowest BCUT2D eigenvalue weighted by Gasteiger charge is -2.30. The molecule has 0 atom stereocenters. The van der Waals surface area contributed by atoms with E-state index in [1.165, 1.54) is 16.7 Å². The molecule has 2 heteroatoms. The van der Waals surface area contributed by atoms with Gasteiger partial charge < -0.3 is 4.43 Å². The van der Waals surface area contributed by atoms with E-state index >= 15 is 0 Å². The van der Waals surface area contributed by atoms with Crippen LogP contribution in [0.25, 0.3) is 0 Å². The maximum Gasteiger partial charge on any atom is 0.204 e. The van der Waals surface area contributed by atoms with E-state index in [1.54, 1.807) is 0 Å². The number of hydrogen-bond acceptors (Lipinski definition) is 1. The van der Waals surface area contributed by atoms with Gasteiger partial charge in [0.05, 0.1) is 0 Å². The van der Waals surface area contributed by atoms with Crippen molar-refractivity contribution in [3.63, 3.8) is 0 Å². The molecule has 0 unspecified atom stereocenters. The Hall–Kier alpha value is -0.763. The second-order valence-corrected chi connectivity index (χ2v) is 11.0. The summed E-state index contributed by atoms with van der Waals surface area (Å²) in [6.07, 6.45) is 3.31. The molecule has 0 bridgehead atoms. The molecule has 0 aromatic heterocycles. The van der Waals surface area contributed by atoms with Crippen LogP contribution in [0.1, 0.15) is 79.0 Å². The van der Waals surface area contributed by atoms with Crippen molar-refractivity contribution in [2.24, 2.45) is 16.2 Å². The minimum atomic E-state index is 0.266. The van der Waals surface area contributed by atoms with Crippen LogP contribution < -0.4 is 4.43 Å². The van der Waals surface area contributed by atoms with Gasteiger partial charge in [-0.3, -0.25) is 0 Å². The second-order valence-electron chi connectivity index (χ2n) is 10.6. The third-order valence-electron chi connectivity index (χ3n) is 3.84. The Bertz CT molecular complexity index is 524. The summed E-state index contributed by atoms with van der Waals surface area (Å²) in [4.78, 5) is 0. The quantitative estimate of drug-likeness (QED) is 0.695. The van der Waals surface area contributed by atoms with Crippen molar-refractivity contribution in [3.8, 4) is 5.75 Å². The van der Waals surface area contributed by atoms with Crippen LogP contribution >= 0.6 is 0 Å². The molecule has 0 amide bonds. The van der Waals surface area contributed by atoms with Crippen LogP contribution in [0.3, 0.4) is 0 Å². The van der Waals surface area contributed by atoms with Gasteiger partial charge in [-0.2, -0.15) is 0 Å². The zero-order valence-corrected chi connectivity index (χ0v) is 19.2. The predicted octanol–water partition coefficient (Wildman–Crippen LogP) is 5.11. The molecule has 1 nitrogen and oxygen atoms in total. The monoisotopic (exact) mass is 334 g/mol. The Morgan fingerprint density at radius 3 is 1.52 bits per heavy atom. The minimum absolute atomic E-state index is 0.266. The Balaban J connectivity index is 3.50. The van der Waals surface area contributed by atoms with Gasteiger partial charge in [-0.05, 0) is 58.3 Å². The lowest BCUT2D eigenvalue weighted by atomic mass is 9.76. The molecule has 0 saturated heterocycles. The summed E-state index contributed by atoms with van der Waals surface area (Å²) in [6.45, 7) is 21.0. The summed E-state index contributed by atoms with van der Waals surface area (Å²) < 4.78 is 5.87. The molecule has 0 N–H and O–H groups in total.